The summed E-state index contributed by atoms with van der Waals surface area (Å²) in [5, 5.41) is 3.25. The number of hydrogen-bond donors (Lipinski definition) is 1. The van der Waals surface area contributed by atoms with Gasteiger partial charge >= 0.3 is 0 Å². The fourth-order valence-electron chi connectivity index (χ4n) is 3.47. The molecule has 1 aliphatic heterocycles. The zero-order valence-corrected chi connectivity index (χ0v) is 16.4. The molecule has 0 saturated carbocycles. The zero-order valence-electron chi connectivity index (χ0n) is 15.5. The van der Waals surface area contributed by atoms with E-state index in [-0.39, 0.29) is 17.6 Å². The number of nitrogens with one attached hydrogen (secondary N) is 1. The summed E-state index contributed by atoms with van der Waals surface area (Å²) in [6.07, 6.45) is 3.22. The summed E-state index contributed by atoms with van der Waals surface area (Å²) in [5.41, 5.74) is 0.902. The first-order chi connectivity index (χ1) is 12.7. The Bertz CT molecular complexity index is 728. The molecule has 2 aromatic rings. The Kier molecular flexibility index (Phi) is 6.25. The molecule has 0 spiro atoms. The molecule has 0 unspecified atom stereocenters. The monoisotopic (exact) mass is 369 g/mol. The average molecular weight is 370 g/mol. The van der Waals surface area contributed by atoms with Crippen LogP contribution in [0.1, 0.15) is 51.1 Å². The maximum absolute atomic E-state index is 12.5. The smallest absolute Gasteiger partial charge is 0.221 e. The minimum Gasteiger partial charge on any atom is -0.487 e. The predicted molar refractivity (Wildman–Crippen MR) is 108 cm³/mol. The lowest BCUT2D eigenvalue weighted by Crippen LogP contribution is -2.44. The number of carbonyl (C=O) groups is 1. The fourth-order valence-corrected chi connectivity index (χ4v) is 4.35. The topological polar surface area (TPSA) is 38.3 Å². The molecule has 26 heavy (non-hydrogen) atoms. The van der Waals surface area contributed by atoms with Gasteiger partial charge in [0.15, 0.2) is 0 Å². The highest BCUT2D eigenvalue weighted by atomic mass is 32.2. The number of rotatable bonds is 7. The third-order valence-corrected chi connectivity index (χ3v) is 6.18. The van der Waals surface area contributed by atoms with Crippen LogP contribution in [-0.4, -0.2) is 17.3 Å². The maximum Gasteiger partial charge on any atom is 0.221 e. The quantitative estimate of drug-likeness (QED) is 0.667. The molecule has 0 radical (unpaired) electrons. The third kappa shape index (κ3) is 4.42. The van der Waals surface area contributed by atoms with Gasteiger partial charge < -0.3 is 10.1 Å². The number of hydrogen-bond acceptors (Lipinski definition) is 3. The van der Waals surface area contributed by atoms with Crippen molar-refractivity contribution in [1.29, 1.82) is 0 Å². The summed E-state index contributed by atoms with van der Waals surface area (Å²) >= 11 is 1.72. The van der Waals surface area contributed by atoms with Crippen LogP contribution in [0, 0.1) is 0 Å². The zero-order chi connectivity index (χ0) is 18.4. The van der Waals surface area contributed by atoms with Gasteiger partial charge in [0.2, 0.25) is 5.91 Å². The van der Waals surface area contributed by atoms with E-state index >= 15 is 0 Å². The number of benzene rings is 2. The van der Waals surface area contributed by atoms with Gasteiger partial charge in [-0.25, -0.2) is 0 Å². The van der Waals surface area contributed by atoms with Crippen molar-refractivity contribution in [3.8, 4) is 5.75 Å². The van der Waals surface area contributed by atoms with Crippen molar-refractivity contribution >= 4 is 17.7 Å². The molecule has 0 bridgehead atoms. The molecule has 138 valence electrons. The normalized spacial score (nSPS) is 17.8. The van der Waals surface area contributed by atoms with Crippen LogP contribution < -0.4 is 10.1 Å². The molecular weight excluding hydrogens is 342 g/mol. The molecule has 0 aliphatic carbocycles. The van der Waals surface area contributed by atoms with E-state index in [2.05, 4.69) is 37.4 Å². The van der Waals surface area contributed by atoms with E-state index < -0.39 is 0 Å². The number of thioether (sulfide) groups is 1. The molecule has 2 aromatic carbocycles. The first kappa shape index (κ1) is 18.8. The Morgan fingerprint density at radius 1 is 1.12 bits per heavy atom. The molecule has 1 N–H and O–H groups in total. The summed E-state index contributed by atoms with van der Waals surface area (Å²) in [6.45, 7) is 4.32. The van der Waals surface area contributed by atoms with Gasteiger partial charge in [-0.1, -0.05) is 50.2 Å². The molecule has 1 atom stereocenters. The molecule has 0 fully saturated rings. The Balaban J connectivity index is 1.63. The number of fused-ring (bicyclic) bond motifs is 1. The molecule has 3 rings (SSSR count). The van der Waals surface area contributed by atoms with E-state index in [1.54, 1.807) is 11.8 Å². The van der Waals surface area contributed by atoms with Gasteiger partial charge in [0.05, 0.1) is 6.04 Å². The van der Waals surface area contributed by atoms with Crippen molar-refractivity contribution in [2.75, 3.05) is 5.75 Å². The molecule has 1 heterocycles. The minimum absolute atomic E-state index is 0.0223. The van der Waals surface area contributed by atoms with E-state index in [0.29, 0.717) is 6.42 Å². The lowest BCUT2D eigenvalue weighted by Gasteiger charge is -2.41. The summed E-state index contributed by atoms with van der Waals surface area (Å²) in [4.78, 5) is 13.7. The summed E-state index contributed by atoms with van der Waals surface area (Å²) in [6, 6.07) is 18.3. The first-order valence-corrected chi connectivity index (χ1v) is 10.4. The molecule has 0 aromatic heterocycles. The van der Waals surface area contributed by atoms with Crippen LogP contribution in [0.2, 0.25) is 0 Å². The van der Waals surface area contributed by atoms with Crippen LogP contribution in [0.25, 0.3) is 0 Å². The van der Waals surface area contributed by atoms with Crippen molar-refractivity contribution in [2.24, 2.45) is 0 Å². The lowest BCUT2D eigenvalue weighted by molar-refractivity contribution is -0.122. The highest BCUT2D eigenvalue weighted by molar-refractivity contribution is 7.99. The van der Waals surface area contributed by atoms with Crippen LogP contribution in [0.15, 0.2) is 59.5 Å². The SMILES string of the molecule is CCC1(CC)C[C@@H](NC(=O)CCSc2ccccc2)c2ccccc2O1. The summed E-state index contributed by atoms with van der Waals surface area (Å²) in [7, 11) is 0. The summed E-state index contributed by atoms with van der Waals surface area (Å²) in [5.74, 6) is 1.80. The number of para-hydroxylation sites is 1. The predicted octanol–water partition coefficient (Wildman–Crippen LogP) is 5.37. The molecule has 3 nitrogen and oxygen atoms in total. The van der Waals surface area contributed by atoms with E-state index in [9.17, 15) is 4.79 Å². The Morgan fingerprint density at radius 2 is 1.81 bits per heavy atom. The van der Waals surface area contributed by atoms with Crippen LogP contribution in [0.5, 0.6) is 5.75 Å². The number of amides is 1. The van der Waals surface area contributed by atoms with E-state index in [0.717, 1.165) is 36.3 Å². The second kappa shape index (κ2) is 8.63. The van der Waals surface area contributed by atoms with Gasteiger partial charge in [0.1, 0.15) is 11.4 Å². The van der Waals surface area contributed by atoms with Crippen LogP contribution in [0.3, 0.4) is 0 Å². The average Bonchev–Trinajstić information content (AvgIpc) is 2.68. The number of carbonyl (C=O) groups excluding carboxylic acids is 1. The minimum atomic E-state index is -0.189. The first-order valence-electron chi connectivity index (χ1n) is 9.41. The van der Waals surface area contributed by atoms with Gasteiger partial charge in [-0.3, -0.25) is 4.79 Å². The largest absolute Gasteiger partial charge is 0.487 e. The van der Waals surface area contributed by atoms with Gasteiger partial charge in [-0.05, 0) is 31.0 Å². The molecule has 1 aliphatic rings. The van der Waals surface area contributed by atoms with Crippen molar-refractivity contribution in [1.82, 2.24) is 5.32 Å². The molecule has 4 heteroatoms. The van der Waals surface area contributed by atoms with Crippen molar-refractivity contribution in [3.05, 3.63) is 60.2 Å². The van der Waals surface area contributed by atoms with Gasteiger partial charge in [0.25, 0.3) is 0 Å². The van der Waals surface area contributed by atoms with Crippen LogP contribution >= 0.6 is 11.8 Å². The Labute approximate surface area is 160 Å². The Hall–Kier alpha value is -1.94. The van der Waals surface area contributed by atoms with Crippen molar-refractivity contribution in [2.45, 2.75) is 56.1 Å². The highest BCUT2D eigenvalue weighted by Crippen LogP contribution is 2.42. The van der Waals surface area contributed by atoms with E-state index in [1.165, 1.54) is 4.90 Å². The fraction of sp³-hybridized carbons (Fsp3) is 0.409. The molecular formula is C22H27NO2S. The second-order valence-electron chi connectivity index (χ2n) is 6.77. The highest BCUT2D eigenvalue weighted by Gasteiger charge is 2.38. The van der Waals surface area contributed by atoms with Crippen LogP contribution in [-0.2, 0) is 4.79 Å². The molecule has 1 amide bonds. The maximum atomic E-state index is 12.5. The molecule has 0 saturated heterocycles. The standard InChI is InChI=1S/C22H27NO2S/c1-3-22(4-2)16-19(18-12-8-9-13-20(18)25-22)23-21(24)14-15-26-17-10-6-5-7-11-17/h5-13,19H,3-4,14-16H2,1-2H3,(H,23,24)/t19-/m1/s1. The van der Waals surface area contributed by atoms with Crippen molar-refractivity contribution < 1.29 is 9.53 Å². The number of ether oxygens (including phenoxy) is 1. The van der Waals surface area contributed by atoms with E-state index in [1.807, 2.05) is 36.4 Å². The second-order valence-corrected chi connectivity index (χ2v) is 7.93. The van der Waals surface area contributed by atoms with Crippen LogP contribution in [0.4, 0.5) is 0 Å². The van der Waals surface area contributed by atoms with Crippen molar-refractivity contribution in [3.63, 3.8) is 0 Å². The van der Waals surface area contributed by atoms with Gasteiger partial charge in [-0.15, -0.1) is 11.8 Å². The Morgan fingerprint density at radius 3 is 2.54 bits per heavy atom. The lowest BCUT2D eigenvalue weighted by atomic mass is 9.83. The third-order valence-electron chi connectivity index (χ3n) is 5.16. The van der Waals surface area contributed by atoms with Gasteiger partial charge in [0, 0.05) is 29.1 Å². The van der Waals surface area contributed by atoms with Gasteiger partial charge in [-0.2, -0.15) is 0 Å². The van der Waals surface area contributed by atoms with E-state index in [4.69, 9.17) is 4.74 Å². The summed E-state index contributed by atoms with van der Waals surface area (Å²) < 4.78 is 6.31.